The lowest BCUT2D eigenvalue weighted by atomic mass is 9.59. The maximum atomic E-state index is 13.9. The molecule has 0 saturated heterocycles. The normalized spacial score (nSPS) is 12.9. The topological polar surface area (TPSA) is 175 Å². The maximum Gasteiger partial charge on any atom is 0.469 e. The van der Waals surface area contributed by atoms with Crippen molar-refractivity contribution in [3.63, 3.8) is 0 Å². The van der Waals surface area contributed by atoms with Crippen molar-refractivity contribution in [1.29, 1.82) is 0 Å². The average Bonchev–Trinajstić information content (AvgIpc) is 3.44. The molecule has 1 amide bonds. The fourth-order valence-corrected chi connectivity index (χ4v) is 7.18. The van der Waals surface area contributed by atoms with Crippen LogP contribution >= 0.6 is 7.82 Å². The summed E-state index contributed by atoms with van der Waals surface area (Å²) in [6.45, 7) is 17.4. The molecular weight excluding hydrogens is 683 g/mol. The van der Waals surface area contributed by atoms with Crippen LogP contribution in [0.2, 0.25) is 0 Å². The zero-order valence-electron chi connectivity index (χ0n) is 30.3. The van der Waals surface area contributed by atoms with E-state index < -0.39 is 41.7 Å². The molecule has 278 valence electrons. The van der Waals surface area contributed by atoms with Crippen molar-refractivity contribution in [2.24, 2.45) is 10.8 Å². The Labute approximate surface area is 296 Å². The molecule has 4 aromatic rings. The van der Waals surface area contributed by atoms with Gasteiger partial charge in [-0.2, -0.15) is 5.10 Å². The molecule has 2 heterocycles. The Bertz CT molecular complexity index is 1860. The summed E-state index contributed by atoms with van der Waals surface area (Å²) in [5, 5.41) is 13.1. The van der Waals surface area contributed by atoms with Crippen LogP contribution < -0.4 is 15.4 Å². The van der Waals surface area contributed by atoms with Crippen molar-refractivity contribution in [2.75, 3.05) is 30.4 Å². The van der Waals surface area contributed by atoms with Gasteiger partial charge < -0.3 is 25.2 Å². The van der Waals surface area contributed by atoms with Gasteiger partial charge in [0.15, 0.2) is 17.5 Å². The first-order valence-electron chi connectivity index (χ1n) is 16.6. The molecule has 0 atom stereocenters. The number of aromatic nitrogens is 4. The van der Waals surface area contributed by atoms with Crippen LogP contribution in [-0.2, 0) is 20.3 Å². The van der Waals surface area contributed by atoms with Crippen LogP contribution in [-0.4, -0.2) is 72.1 Å². The van der Waals surface area contributed by atoms with E-state index in [1.165, 1.54) is 18.5 Å². The van der Waals surface area contributed by atoms with Gasteiger partial charge in [-0.25, -0.2) is 23.3 Å². The number of fused-ring (bicyclic) bond motifs is 1. The second-order valence-electron chi connectivity index (χ2n) is 14.7. The standard InChI is InChI=1S/C35H48F2N7O6P/c1-22(2)44(35(33(3,4)5,34(6,7)8)20-50-51(46,47)48)15-10-16-49-24-13-14-25-28(19-24)38-21-39-32(25)41-29-17-23(42-43-29)18-30(45)40-27-12-9-11-26(36)31(27)37/h9,11-14,17,19,21-22H,10,15-16,18,20H2,1-8H3,(H,40,45)(H2,46,47,48)(H2,38,39,41,42,43). The van der Waals surface area contributed by atoms with Crippen molar-refractivity contribution in [2.45, 2.75) is 79.8 Å². The van der Waals surface area contributed by atoms with E-state index in [0.717, 1.165) is 6.07 Å². The molecule has 0 aliphatic heterocycles. The third-order valence-electron chi connectivity index (χ3n) is 8.91. The number of H-pyrrole nitrogens is 1. The highest BCUT2D eigenvalue weighted by Gasteiger charge is 2.56. The summed E-state index contributed by atoms with van der Waals surface area (Å²) < 4.78 is 50.6. The van der Waals surface area contributed by atoms with Crippen molar-refractivity contribution < 1.29 is 37.2 Å². The van der Waals surface area contributed by atoms with E-state index in [1.807, 2.05) is 12.1 Å². The van der Waals surface area contributed by atoms with Gasteiger partial charge in [-0.3, -0.25) is 19.3 Å². The lowest BCUT2D eigenvalue weighted by molar-refractivity contribution is -0.130. The van der Waals surface area contributed by atoms with Gasteiger partial charge in [-0.15, -0.1) is 0 Å². The number of hydrogen-bond acceptors (Lipinski definition) is 9. The molecule has 2 aromatic heterocycles. The Morgan fingerprint density at radius 3 is 2.39 bits per heavy atom. The number of amides is 1. The number of aromatic amines is 1. The second-order valence-corrected chi connectivity index (χ2v) is 16.0. The first-order valence-corrected chi connectivity index (χ1v) is 18.1. The zero-order chi connectivity index (χ0) is 37.8. The van der Waals surface area contributed by atoms with Gasteiger partial charge in [0.2, 0.25) is 5.91 Å². The van der Waals surface area contributed by atoms with E-state index in [0.29, 0.717) is 53.6 Å². The predicted molar refractivity (Wildman–Crippen MR) is 192 cm³/mol. The fraction of sp³-hybridized carbons (Fsp3) is 0.486. The molecule has 0 unspecified atom stereocenters. The van der Waals surface area contributed by atoms with E-state index in [2.05, 4.69) is 91.1 Å². The summed E-state index contributed by atoms with van der Waals surface area (Å²) in [6.07, 6.45) is 1.88. The zero-order valence-corrected chi connectivity index (χ0v) is 31.1. The minimum absolute atomic E-state index is 0.0414. The van der Waals surface area contributed by atoms with Crippen LogP contribution in [0.3, 0.4) is 0 Å². The molecule has 13 nitrogen and oxygen atoms in total. The highest BCUT2D eigenvalue weighted by atomic mass is 31.2. The molecule has 0 radical (unpaired) electrons. The molecule has 5 N–H and O–H groups in total. The van der Waals surface area contributed by atoms with Gasteiger partial charge in [0, 0.05) is 35.8 Å². The van der Waals surface area contributed by atoms with Crippen LogP contribution in [0.5, 0.6) is 5.75 Å². The van der Waals surface area contributed by atoms with Gasteiger partial charge in [0.05, 0.1) is 36.4 Å². The average molecular weight is 732 g/mol. The second kappa shape index (κ2) is 15.7. The van der Waals surface area contributed by atoms with E-state index in [1.54, 1.807) is 12.1 Å². The van der Waals surface area contributed by atoms with E-state index in [9.17, 15) is 27.9 Å². The van der Waals surface area contributed by atoms with Crippen LogP contribution in [0.4, 0.5) is 26.1 Å². The van der Waals surface area contributed by atoms with Gasteiger partial charge >= 0.3 is 7.82 Å². The number of hydrogen-bond donors (Lipinski definition) is 5. The lowest BCUT2D eigenvalue weighted by Crippen LogP contribution is -2.68. The van der Waals surface area contributed by atoms with E-state index >= 15 is 0 Å². The van der Waals surface area contributed by atoms with Crippen LogP contribution in [0.1, 0.15) is 67.5 Å². The van der Waals surface area contributed by atoms with Gasteiger partial charge in [0.1, 0.15) is 17.9 Å². The lowest BCUT2D eigenvalue weighted by Gasteiger charge is -2.60. The third kappa shape index (κ3) is 9.66. The van der Waals surface area contributed by atoms with E-state index in [-0.39, 0.29) is 24.8 Å². The summed E-state index contributed by atoms with van der Waals surface area (Å²) in [4.78, 5) is 42.7. The van der Waals surface area contributed by atoms with Crippen molar-refractivity contribution in [1.82, 2.24) is 25.1 Å². The number of rotatable bonds is 15. The molecule has 0 aliphatic rings. The van der Waals surface area contributed by atoms with Crippen molar-refractivity contribution >= 4 is 42.0 Å². The van der Waals surface area contributed by atoms with Gasteiger partial charge in [-0.1, -0.05) is 47.6 Å². The number of nitrogens with zero attached hydrogens (tertiary/aromatic N) is 4. The summed E-state index contributed by atoms with van der Waals surface area (Å²) in [5.41, 5.74) is -0.745. The fourth-order valence-electron chi connectivity index (χ4n) is 6.83. The summed E-state index contributed by atoms with van der Waals surface area (Å²) in [7, 11) is -4.71. The Balaban J connectivity index is 1.41. The minimum atomic E-state index is -4.71. The number of phosphoric acid groups is 1. The molecule has 0 spiro atoms. The molecule has 51 heavy (non-hydrogen) atoms. The molecule has 0 bridgehead atoms. The number of halogens is 2. The minimum Gasteiger partial charge on any atom is -0.493 e. The molecule has 2 aromatic carbocycles. The van der Waals surface area contributed by atoms with Crippen molar-refractivity contribution in [3.05, 3.63) is 66.1 Å². The summed E-state index contributed by atoms with van der Waals surface area (Å²) >= 11 is 0. The number of ether oxygens (including phenoxy) is 1. The van der Waals surface area contributed by atoms with E-state index in [4.69, 9.17) is 9.26 Å². The van der Waals surface area contributed by atoms with Crippen LogP contribution in [0.15, 0.2) is 48.8 Å². The smallest absolute Gasteiger partial charge is 0.469 e. The summed E-state index contributed by atoms with van der Waals surface area (Å²) in [6, 6.07) is 10.6. The quantitative estimate of drug-likeness (QED) is 0.0631. The number of carbonyl (C=O) groups excluding carboxylic acids is 1. The Morgan fingerprint density at radius 2 is 1.75 bits per heavy atom. The number of anilines is 3. The first kappa shape index (κ1) is 39.8. The van der Waals surface area contributed by atoms with Crippen LogP contribution in [0, 0.1) is 22.5 Å². The number of nitrogens with one attached hydrogen (secondary N) is 3. The third-order valence-corrected chi connectivity index (χ3v) is 9.38. The van der Waals surface area contributed by atoms with Gasteiger partial charge in [0.25, 0.3) is 0 Å². The molecular formula is C35H48F2N7O6P. The SMILES string of the molecule is CC(C)N(CCCOc1ccc2c(Nc3cc(CC(=O)Nc4cccc(F)c4F)[nH]n3)ncnc2c1)C(COP(=O)(O)O)(C(C)(C)C)C(C)(C)C. The Morgan fingerprint density at radius 1 is 1.04 bits per heavy atom. The molecule has 16 heteroatoms. The number of phosphoric ester groups is 1. The Kier molecular flexibility index (Phi) is 12.2. The molecule has 0 fully saturated rings. The molecule has 0 aliphatic carbocycles. The Hall–Kier alpha value is -4.01. The maximum absolute atomic E-state index is 13.9. The molecule has 0 saturated carbocycles. The first-order chi connectivity index (χ1) is 23.7. The predicted octanol–water partition coefficient (Wildman–Crippen LogP) is 6.98. The number of benzene rings is 2. The highest BCUT2D eigenvalue weighted by molar-refractivity contribution is 7.46. The van der Waals surface area contributed by atoms with Crippen LogP contribution in [0.25, 0.3) is 10.9 Å². The number of carbonyl (C=O) groups is 1. The summed E-state index contributed by atoms with van der Waals surface area (Å²) in [5.74, 6) is -1.27. The van der Waals surface area contributed by atoms with Gasteiger partial charge in [-0.05, 0) is 55.4 Å². The highest BCUT2D eigenvalue weighted by Crippen LogP contribution is 2.52. The monoisotopic (exact) mass is 731 g/mol. The molecule has 4 rings (SSSR count). The van der Waals surface area contributed by atoms with Crippen molar-refractivity contribution in [3.8, 4) is 5.75 Å². The largest absolute Gasteiger partial charge is 0.493 e.